The van der Waals surface area contributed by atoms with E-state index < -0.39 is 0 Å². The van der Waals surface area contributed by atoms with E-state index in [9.17, 15) is 0 Å². The third-order valence-corrected chi connectivity index (χ3v) is 10.4. The highest BCUT2D eigenvalue weighted by molar-refractivity contribution is 6.23. The Kier molecular flexibility index (Phi) is 5.89. The van der Waals surface area contributed by atoms with Crippen LogP contribution in [-0.4, -0.2) is 11.6 Å². The van der Waals surface area contributed by atoms with Crippen molar-refractivity contribution in [2.75, 3.05) is 11.9 Å². The van der Waals surface area contributed by atoms with Gasteiger partial charge in [-0.25, -0.2) is 0 Å². The van der Waals surface area contributed by atoms with Gasteiger partial charge in [-0.15, -0.1) is 0 Å². The second-order valence-electron chi connectivity index (χ2n) is 13.0. The Balaban J connectivity index is 1.36. The lowest BCUT2D eigenvalue weighted by Crippen LogP contribution is -2.18. The van der Waals surface area contributed by atoms with Crippen molar-refractivity contribution in [2.24, 2.45) is 0 Å². The van der Waals surface area contributed by atoms with Crippen LogP contribution in [-0.2, 0) is 6.42 Å². The van der Waals surface area contributed by atoms with Gasteiger partial charge in [0.1, 0.15) is 0 Å². The van der Waals surface area contributed by atoms with Gasteiger partial charge in [0.25, 0.3) is 0 Å². The fourth-order valence-corrected chi connectivity index (χ4v) is 8.24. The first-order valence-electron chi connectivity index (χ1n) is 16.7. The molecule has 0 aliphatic carbocycles. The van der Waals surface area contributed by atoms with Crippen LogP contribution in [0.15, 0.2) is 164 Å². The predicted molar refractivity (Wildman–Crippen MR) is 204 cm³/mol. The molecule has 1 aromatic heterocycles. The van der Waals surface area contributed by atoms with Crippen LogP contribution >= 0.6 is 0 Å². The minimum absolute atomic E-state index is 0.917. The molecule has 1 aliphatic rings. The zero-order valence-corrected chi connectivity index (χ0v) is 26.7. The molecular weight excluding hydrogens is 581 g/mol. The molecule has 0 saturated heterocycles. The maximum absolute atomic E-state index is 2.48. The lowest BCUT2D eigenvalue weighted by atomic mass is 9.83. The number of nitrogens with zero attached hydrogens (tertiary/aromatic N) is 2. The number of anilines is 2. The molecule has 9 aromatic rings. The Bertz CT molecular complexity index is 2650. The van der Waals surface area contributed by atoms with Gasteiger partial charge in [0.15, 0.2) is 0 Å². The monoisotopic (exact) mass is 612 g/mol. The molecule has 2 heterocycles. The summed E-state index contributed by atoms with van der Waals surface area (Å²) >= 11 is 0. The Hall–Kier alpha value is -6.12. The van der Waals surface area contributed by atoms with Gasteiger partial charge in [-0.1, -0.05) is 121 Å². The van der Waals surface area contributed by atoms with Crippen LogP contribution in [0, 0.1) is 0 Å². The highest BCUT2D eigenvalue weighted by Crippen LogP contribution is 2.48. The molecule has 0 N–H and O–H groups in total. The number of benzene rings is 8. The molecule has 0 saturated carbocycles. The molecule has 0 unspecified atom stereocenters. The van der Waals surface area contributed by atoms with Crippen LogP contribution in [0.3, 0.4) is 0 Å². The van der Waals surface area contributed by atoms with Crippen LogP contribution in [0.4, 0.5) is 11.4 Å². The summed E-state index contributed by atoms with van der Waals surface area (Å²) in [6.45, 7) is 0. The van der Waals surface area contributed by atoms with Crippen molar-refractivity contribution in [3.63, 3.8) is 0 Å². The maximum atomic E-state index is 2.48. The molecule has 48 heavy (non-hydrogen) atoms. The van der Waals surface area contributed by atoms with Crippen LogP contribution < -0.4 is 4.90 Å². The average Bonchev–Trinajstić information content (AvgIpc) is 3.48. The van der Waals surface area contributed by atoms with Crippen molar-refractivity contribution >= 4 is 54.7 Å². The summed E-state index contributed by atoms with van der Waals surface area (Å²) in [4.78, 5) is 2.38. The Morgan fingerprint density at radius 3 is 1.62 bits per heavy atom. The molecule has 0 fully saturated rings. The molecule has 10 rings (SSSR count). The first kappa shape index (κ1) is 27.0. The fourth-order valence-electron chi connectivity index (χ4n) is 8.24. The molecule has 0 amide bonds. The second-order valence-corrected chi connectivity index (χ2v) is 13.0. The first-order chi connectivity index (χ1) is 23.7. The topological polar surface area (TPSA) is 8.17 Å². The van der Waals surface area contributed by atoms with Crippen molar-refractivity contribution in [3.8, 4) is 27.9 Å². The third-order valence-electron chi connectivity index (χ3n) is 10.4. The van der Waals surface area contributed by atoms with Gasteiger partial charge in [-0.05, 0) is 97.4 Å². The standard InChI is InChI=1S/C46H32N2/c1-47-41-21-11-8-18-32(41)26-33-27-38-40(29-44(33)47)45(30-14-4-2-5-15-30)37-25-24-34(28-39(37)46(38)31-16-6-3-7-17-31)48-42-22-12-9-19-35(42)36-20-10-13-23-43(36)48/h2-25,27-29H,26H2,1H3. The van der Waals surface area contributed by atoms with Crippen LogP contribution in [0.1, 0.15) is 11.1 Å². The van der Waals surface area contributed by atoms with Crippen molar-refractivity contribution in [1.82, 2.24) is 4.57 Å². The highest BCUT2D eigenvalue weighted by Gasteiger charge is 2.24. The number of hydrogen-bond acceptors (Lipinski definition) is 1. The van der Waals surface area contributed by atoms with E-state index in [-0.39, 0.29) is 0 Å². The van der Waals surface area contributed by atoms with Gasteiger partial charge in [0, 0.05) is 41.3 Å². The van der Waals surface area contributed by atoms with E-state index in [2.05, 4.69) is 180 Å². The number of aromatic nitrogens is 1. The van der Waals surface area contributed by atoms with Crippen LogP contribution in [0.5, 0.6) is 0 Å². The third kappa shape index (κ3) is 3.93. The van der Waals surface area contributed by atoms with Crippen molar-refractivity contribution < 1.29 is 0 Å². The van der Waals surface area contributed by atoms with Crippen LogP contribution in [0.25, 0.3) is 71.3 Å². The minimum atomic E-state index is 0.917. The average molecular weight is 613 g/mol. The zero-order chi connectivity index (χ0) is 31.8. The Labute approximate surface area is 279 Å². The molecule has 8 aromatic carbocycles. The Morgan fingerprint density at radius 1 is 0.396 bits per heavy atom. The highest BCUT2D eigenvalue weighted by atomic mass is 15.1. The minimum Gasteiger partial charge on any atom is -0.344 e. The van der Waals surface area contributed by atoms with Gasteiger partial charge < -0.3 is 9.47 Å². The van der Waals surface area contributed by atoms with E-state index in [4.69, 9.17) is 0 Å². The van der Waals surface area contributed by atoms with E-state index in [1.54, 1.807) is 0 Å². The van der Waals surface area contributed by atoms with Gasteiger partial charge >= 0.3 is 0 Å². The summed E-state index contributed by atoms with van der Waals surface area (Å²) < 4.78 is 2.43. The predicted octanol–water partition coefficient (Wildman–Crippen LogP) is 12.1. The lowest BCUT2D eigenvalue weighted by Gasteiger charge is -2.31. The van der Waals surface area contributed by atoms with Gasteiger partial charge in [0.05, 0.1) is 11.0 Å². The summed E-state index contributed by atoms with van der Waals surface area (Å²) in [6.07, 6.45) is 0.917. The summed E-state index contributed by atoms with van der Waals surface area (Å²) in [5.41, 5.74) is 13.9. The number of fused-ring (bicyclic) bond motifs is 7. The molecule has 2 nitrogen and oxygen atoms in total. The van der Waals surface area contributed by atoms with Gasteiger partial charge in [-0.3, -0.25) is 0 Å². The molecule has 0 bridgehead atoms. The molecule has 1 aliphatic heterocycles. The SMILES string of the molecule is CN1c2ccccc2Cc2cc3c(-c4ccccc4)c4cc(-n5c6ccccc6c6ccccc65)ccc4c(-c4ccccc4)c3cc21. The fraction of sp³-hybridized carbons (Fsp3) is 0.0435. The number of para-hydroxylation sites is 3. The maximum Gasteiger partial charge on any atom is 0.0541 e. The normalized spacial score (nSPS) is 12.6. The van der Waals surface area contributed by atoms with Gasteiger partial charge in [0.2, 0.25) is 0 Å². The molecule has 0 atom stereocenters. The lowest BCUT2D eigenvalue weighted by molar-refractivity contribution is 1.06. The summed E-state index contributed by atoms with van der Waals surface area (Å²) in [5.74, 6) is 0. The summed E-state index contributed by atoms with van der Waals surface area (Å²) in [7, 11) is 2.21. The number of hydrogen-bond donors (Lipinski definition) is 0. The largest absolute Gasteiger partial charge is 0.344 e. The molecular formula is C46H32N2. The molecule has 0 radical (unpaired) electrons. The Morgan fingerprint density at radius 2 is 0.938 bits per heavy atom. The summed E-state index contributed by atoms with van der Waals surface area (Å²) in [6, 6.07) is 60.3. The molecule has 226 valence electrons. The van der Waals surface area contributed by atoms with Crippen molar-refractivity contribution in [1.29, 1.82) is 0 Å². The molecule has 2 heteroatoms. The smallest absolute Gasteiger partial charge is 0.0541 e. The summed E-state index contributed by atoms with van der Waals surface area (Å²) in [5, 5.41) is 7.64. The van der Waals surface area contributed by atoms with E-state index in [0.29, 0.717) is 0 Å². The first-order valence-corrected chi connectivity index (χ1v) is 16.7. The van der Waals surface area contributed by atoms with E-state index in [0.717, 1.165) is 6.42 Å². The second kappa shape index (κ2) is 10.4. The number of rotatable bonds is 3. The van der Waals surface area contributed by atoms with E-state index >= 15 is 0 Å². The zero-order valence-electron chi connectivity index (χ0n) is 26.7. The molecule has 0 spiro atoms. The van der Waals surface area contributed by atoms with Crippen molar-refractivity contribution in [2.45, 2.75) is 6.42 Å². The van der Waals surface area contributed by atoms with Crippen LogP contribution in [0.2, 0.25) is 0 Å². The van der Waals surface area contributed by atoms with Gasteiger partial charge in [-0.2, -0.15) is 0 Å². The quantitative estimate of drug-likeness (QED) is 0.180. The van der Waals surface area contributed by atoms with Crippen molar-refractivity contribution in [3.05, 3.63) is 175 Å². The van der Waals surface area contributed by atoms with E-state index in [1.165, 1.54) is 93.8 Å². The van der Waals surface area contributed by atoms with E-state index in [1.807, 2.05) is 0 Å².